The smallest absolute Gasteiger partial charge is 0.409 e. The highest BCUT2D eigenvalue weighted by Crippen LogP contribution is 2.63. The average Bonchev–Trinajstić information content (AvgIpc) is 3.21. The summed E-state index contributed by atoms with van der Waals surface area (Å²) in [6.07, 6.45) is 2.94. The van der Waals surface area contributed by atoms with Crippen LogP contribution in [0.2, 0.25) is 0 Å². The van der Waals surface area contributed by atoms with Gasteiger partial charge >= 0.3 is 6.09 Å². The summed E-state index contributed by atoms with van der Waals surface area (Å²) in [7, 11) is 0. The van der Waals surface area contributed by atoms with Crippen LogP contribution in [0.4, 0.5) is 10.5 Å². The van der Waals surface area contributed by atoms with Crippen molar-refractivity contribution in [2.75, 3.05) is 6.54 Å². The minimum atomic E-state index is -0.929. The summed E-state index contributed by atoms with van der Waals surface area (Å²) in [6.45, 7) is 5.13. The van der Waals surface area contributed by atoms with E-state index in [0.29, 0.717) is 6.42 Å². The van der Waals surface area contributed by atoms with Crippen molar-refractivity contribution in [2.45, 2.75) is 56.7 Å². The number of para-hydroxylation sites is 1. The van der Waals surface area contributed by atoms with Crippen LogP contribution < -0.4 is 5.32 Å². The molecule has 4 heterocycles. The maximum atomic E-state index is 13.7. The first-order chi connectivity index (χ1) is 12.9. The van der Waals surface area contributed by atoms with Gasteiger partial charge in [0, 0.05) is 35.9 Å². The first-order valence-electron chi connectivity index (χ1n) is 9.90. The molecule has 6 heteroatoms. The third kappa shape index (κ3) is 1.62. The van der Waals surface area contributed by atoms with Gasteiger partial charge in [-0.3, -0.25) is 9.79 Å². The van der Waals surface area contributed by atoms with E-state index in [9.17, 15) is 9.59 Å². The highest BCUT2D eigenvalue weighted by Gasteiger charge is 2.73. The molecule has 1 N–H and O–H groups in total. The number of fused-ring (bicyclic) bond motifs is 2. The number of carbonyl (C=O) groups excluding carboxylic acids is 2. The molecule has 4 atom stereocenters. The number of carbonyl (C=O) groups is 2. The summed E-state index contributed by atoms with van der Waals surface area (Å²) in [4.78, 5) is 33.4. The Bertz CT molecular complexity index is 938. The summed E-state index contributed by atoms with van der Waals surface area (Å²) in [5.74, 6) is 0.0969. The van der Waals surface area contributed by atoms with Gasteiger partial charge in [0.1, 0.15) is 5.54 Å². The van der Waals surface area contributed by atoms with Gasteiger partial charge in [0.25, 0.3) is 0 Å². The zero-order valence-corrected chi connectivity index (χ0v) is 15.6. The number of alkyl carbamates (subject to hydrolysis) is 1. The standard InChI is InChI=1S/C21H23N3O3/c1-19(2)15-10-12-6-5-9-24(12)17(25)20(15)11-21(27-18(26)23-20)13-7-3-4-8-14(13)22-16(19)21/h3-4,7-8,12,15H,5-6,9-11H2,1-2H3,(H,23,26). The molecule has 1 aliphatic carbocycles. The molecule has 1 aromatic rings. The Morgan fingerprint density at radius 2 is 2.07 bits per heavy atom. The van der Waals surface area contributed by atoms with E-state index in [1.54, 1.807) is 0 Å². The van der Waals surface area contributed by atoms with Gasteiger partial charge in [-0.25, -0.2) is 4.79 Å². The maximum absolute atomic E-state index is 13.7. The van der Waals surface area contributed by atoms with E-state index in [0.717, 1.165) is 42.8 Å². The van der Waals surface area contributed by atoms with Crippen LogP contribution in [-0.2, 0) is 15.1 Å². The van der Waals surface area contributed by atoms with Gasteiger partial charge in [0.2, 0.25) is 5.91 Å². The number of nitrogens with one attached hydrogen (secondary N) is 1. The van der Waals surface area contributed by atoms with Crippen molar-refractivity contribution < 1.29 is 14.3 Å². The van der Waals surface area contributed by atoms with Gasteiger partial charge in [-0.15, -0.1) is 0 Å². The van der Waals surface area contributed by atoms with E-state index in [-0.39, 0.29) is 23.3 Å². The predicted octanol–water partition coefficient (Wildman–Crippen LogP) is 2.89. The Morgan fingerprint density at radius 3 is 2.93 bits per heavy atom. The topological polar surface area (TPSA) is 71.0 Å². The van der Waals surface area contributed by atoms with Crippen LogP contribution in [0.15, 0.2) is 29.3 Å². The number of piperidine rings is 1. The van der Waals surface area contributed by atoms with E-state index < -0.39 is 17.2 Å². The lowest BCUT2D eigenvalue weighted by atomic mass is 9.50. The minimum absolute atomic E-state index is 0.0193. The molecular formula is C21H23N3O3. The van der Waals surface area contributed by atoms with Crippen molar-refractivity contribution in [3.8, 4) is 0 Å². The first kappa shape index (κ1) is 15.7. The van der Waals surface area contributed by atoms with Crippen LogP contribution in [0.1, 0.15) is 45.1 Å². The molecule has 2 spiro atoms. The fraction of sp³-hybridized carbons (Fsp3) is 0.571. The molecule has 3 saturated heterocycles. The number of nitrogens with zero attached hydrogens (tertiary/aromatic N) is 2. The Hall–Kier alpha value is -2.37. The Kier molecular flexibility index (Phi) is 2.63. The molecule has 4 fully saturated rings. The van der Waals surface area contributed by atoms with E-state index in [1.807, 2.05) is 29.2 Å². The average molecular weight is 365 g/mol. The molecule has 4 unspecified atom stereocenters. The molecule has 140 valence electrons. The van der Waals surface area contributed by atoms with Gasteiger partial charge < -0.3 is 15.0 Å². The van der Waals surface area contributed by atoms with Crippen molar-refractivity contribution in [3.63, 3.8) is 0 Å². The second-order valence-electron chi connectivity index (χ2n) is 9.27. The van der Waals surface area contributed by atoms with Crippen LogP contribution in [-0.4, -0.2) is 40.7 Å². The molecule has 27 heavy (non-hydrogen) atoms. The number of hydrogen-bond donors (Lipinski definition) is 1. The summed E-state index contributed by atoms with van der Waals surface area (Å²) in [5.41, 5.74) is 0.493. The SMILES string of the molecule is CC1(C)C2=Nc3ccccc3C23CC2(NC(=O)O3)C(=O)N3CCCC3CC12. The lowest BCUT2D eigenvalue weighted by molar-refractivity contribution is -0.163. The fourth-order valence-corrected chi connectivity index (χ4v) is 6.68. The Labute approximate surface area is 158 Å². The van der Waals surface area contributed by atoms with Crippen molar-refractivity contribution in [1.29, 1.82) is 0 Å². The van der Waals surface area contributed by atoms with Crippen molar-refractivity contribution in [3.05, 3.63) is 29.8 Å². The number of benzene rings is 1. The highest BCUT2D eigenvalue weighted by atomic mass is 16.6. The fourth-order valence-electron chi connectivity index (χ4n) is 6.68. The number of aliphatic imine (C=N–C) groups is 1. The molecule has 0 radical (unpaired) electrons. The first-order valence-corrected chi connectivity index (χ1v) is 9.90. The molecule has 1 saturated carbocycles. The summed E-state index contributed by atoms with van der Waals surface area (Å²) in [5, 5.41) is 3.01. The lowest BCUT2D eigenvalue weighted by Gasteiger charge is -2.62. The monoisotopic (exact) mass is 365 g/mol. The zero-order valence-electron chi connectivity index (χ0n) is 15.6. The van der Waals surface area contributed by atoms with Gasteiger partial charge in [-0.05, 0) is 25.3 Å². The molecule has 2 bridgehead atoms. The highest BCUT2D eigenvalue weighted by molar-refractivity contribution is 6.10. The molecule has 6 nitrogen and oxygen atoms in total. The van der Waals surface area contributed by atoms with E-state index in [2.05, 4.69) is 19.2 Å². The molecule has 0 aromatic heterocycles. The van der Waals surface area contributed by atoms with E-state index in [1.165, 1.54) is 0 Å². The van der Waals surface area contributed by atoms with Gasteiger partial charge in [-0.2, -0.15) is 0 Å². The summed E-state index contributed by atoms with van der Waals surface area (Å²) >= 11 is 0. The van der Waals surface area contributed by atoms with Crippen molar-refractivity contribution >= 4 is 23.4 Å². The summed E-state index contributed by atoms with van der Waals surface area (Å²) < 4.78 is 5.98. The quantitative estimate of drug-likeness (QED) is 0.768. The maximum Gasteiger partial charge on any atom is 0.409 e. The third-order valence-corrected chi connectivity index (χ3v) is 7.68. The molecule has 6 rings (SSSR count). The molecule has 2 amide bonds. The van der Waals surface area contributed by atoms with E-state index >= 15 is 0 Å². The number of amides is 2. The van der Waals surface area contributed by atoms with Gasteiger partial charge in [0.15, 0.2) is 5.60 Å². The van der Waals surface area contributed by atoms with Crippen LogP contribution in [0.5, 0.6) is 0 Å². The number of hydrogen-bond acceptors (Lipinski definition) is 4. The third-order valence-electron chi connectivity index (χ3n) is 7.68. The minimum Gasteiger partial charge on any atom is -0.432 e. The summed E-state index contributed by atoms with van der Waals surface area (Å²) in [6, 6.07) is 8.14. The number of rotatable bonds is 0. The lowest BCUT2D eigenvalue weighted by Crippen LogP contribution is -2.79. The molecule has 5 aliphatic rings. The second-order valence-corrected chi connectivity index (χ2v) is 9.27. The molecular weight excluding hydrogens is 342 g/mol. The van der Waals surface area contributed by atoms with Crippen LogP contribution in [0, 0.1) is 11.3 Å². The molecule has 4 aliphatic heterocycles. The van der Waals surface area contributed by atoms with E-state index in [4.69, 9.17) is 9.73 Å². The predicted molar refractivity (Wildman–Crippen MR) is 98.8 cm³/mol. The zero-order chi connectivity index (χ0) is 18.6. The van der Waals surface area contributed by atoms with Gasteiger partial charge in [-0.1, -0.05) is 32.0 Å². The second kappa shape index (κ2) is 4.54. The van der Waals surface area contributed by atoms with Gasteiger partial charge in [0.05, 0.1) is 11.4 Å². The Morgan fingerprint density at radius 1 is 1.26 bits per heavy atom. The van der Waals surface area contributed by atoms with Crippen LogP contribution in [0.3, 0.4) is 0 Å². The molecule has 1 aromatic carbocycles. The largest absolute Gasteiger partial charge is 0.432 e. The Balaban J connectivity index is 1.62. The van der Waals surface area contributed by atoms with Crippen molar-refractivity contribution in [2.24, 2.45) is 16.3 Å². The van der Waals surface area contributed by atoms with Crippen molar-refractivity contribution in [1.82, 2.24) is 10.2 Å². The van der Waals surface area contributed by atoms with Crippen LogP contribution in [0.25, 0.3) is 0 Å². The van der Waals surface area contributed by atoms with Crippen LogP contribution >= 0.6 is 0 Å². The number of ether oxygens (including phenoxy) is 1. The normalized spacial score (nSPS) is 40.2.